The van der Waals surface area contributed by atoms with Gasteiger partial charge in [-0.25, -0.2) is 0 Å². The molecular formula is C27H30OSi. The number of allylic oxidation sites excluding steroid dienone is 1. The molecule has 0 atom stereocenters. The minimum absolute atomic E-state index is 0.911. The van der Waals surface area contributed by atoms with Crippen LogP contribution in [0.2, 0.25) is 12.1 Å². The van der Waals surface area contributed by atoms with E-state index in [1.54, 1.807) is 5.19 Å². The number of rotatable bonds is 6. The van der Waals surface area contributed by atoms with Crippen molar-refractivity contribution >= 4 is 24.5 Å². The van der Waals surface area contributed by atoms with Crippen molar-refractivity contribution in [1.29, 1.82) is 0 Å². The highest BCUT2D eigenvalue weighted by Gasteiger charge is 2.39. The third kappa shape index (κ3) is 3.47. The van der Waals surface area contributed by atoms with Crippen LogP contribution in [0.15, 0.2) is 66.7 Å². The minimum atomic E-state index is -1.99. The van der Waals surface area contributed by atoms with E-state index in [-0.39, 0.29) is 0 Å². The fraction of sp³-hybridized carbons (Fsp3) is 0.259. The first-order valence-electron chi connectivity index (χ1n) is 10.7. The van der Waals surface area contributed by atoms with Crippen LogP contribution >= 0.6 is 0 Å². The lowest BCUT2D eigenvalue weighted by atomic mass is 10.1. The summed E-state index contributed by atoms with van der Waals surface area (Å²) in [5, 5.41) is 3.01. The summed E-state index contributed by atoms with van der Waals surface area (Å²) in [4.78, 5) is 0. The molecule has 3 aromatic carbocycles. The van der Waals surface area contributed by atoms with Crippen LogP contribution in [0, 0.1) is 13.8 Å². The molecule has 0 fully saturated rings. The molecule has 2 heteroatoms. The smallest absolute Gasteiger partial charge is 0.130 e. The van der Waals surface area contributed by atoms with Crippen LogP contribution in [0.1, 0.15) is 36.1 Å². The monoisotopic (exact) mass is 398 g/mol. The Balaban J connectivity index is 1.95. The number of ether oxygens (including phenoxy) is 1. The zero-order valence-corrected chi connectivity index (χ0v) is 19.0. The first-order valence-corrected chi connectivity index (χ1v) is 13.1. The van der Waals surface area contributed by atoms with Crippen molar-refractivity contribution in [3.63, 3.8) is 0 Å². The Kier molecular flexibility index (Phi) is 5.47. The van der Waals surface area contributed by atoms with Crippen molar-refractivity contribution < 1.29 is 4.74 Å². The van der Waals surface area contributed by atoms with Crippen LogP contribution in [-0.4, -0.2) is 8.07 Å². The van der Waals surface area contributed by atoms with Crippen molar-refractivity contribution in [2.24, 2.45) is 0 Å². The molecule has 0 aromatic heterocycles. The van der Waals surface area contributed by atoms with E-state index in [9.17, 15) is 0 Å². The maximum Gasteiger partial charge on any atom is 0.130 e. The molecule has 0 bridgehead atoms. The van der Waals surface area contributed by atoms with Crippen LogP contribution in [0.5, 0.6) is 11.5 Å². The van der Waals surface area contributed by atoms with Gasteiger partial charge in [0.15, 0.2) is 0 Å². The zero-order valence-electron chi connectivity index (χ0n) is 18.0. The van der Waals surface area contributed by atoms with Gasteiger partial charge in [-0.15, -0.1) is 0 Å². The highest BCUT2D eigenvalue weighted by Crippen LogP contribution is 2.31. The van der Waals surface area contributed by atoms with Crippen molar-refractivity contribution in [3.8, 4) is 11.5 Å². The molecule has 0 saturated heterocycles. The molecule has 0 heterocycles. The topological polar surface area (TPSA) is 9.23 Å². The second kappa shape index (κ2) is 8.04. The Morgan fingerprint density at radius 2 is 1.62 bits per heavy atom. The largest absolute Gasteiger partial charge is 0.457 e. The first kappa shape index (κ1) is 19.7. The molecule has 1 nitrogen and oxygen atoms in total. The van der Waals surface area contributed by atoms with Gasteiger partial charge >= 0.3 is 0 Å². The molecule has 0 radical (unpaired) electrons. The highest BCUT2D eigenvalue weighted by atomic mass is 28.3. The third-order valence-corrected chi connectivity index (χ3v) is 11.7. The molecule has 4 rings (SSSR count). The normalized spacial score (nSPS) is 12.8. The molecule has 29 heavy (non-hydrogen) atoms. The van der Waals surface area contributed by atoms with E-state index in [1.165, 1.54) is 39.5 Å². The fourth-order valence-electron chi connectivity index (χ4n) is 4.92. The van der Waals surface area contributed by atoms with E-state index in [0.29, 0.717) is 0 Å². The first-order chi connectivity index (χ1) is 14.1. The van der Waals surface area contributed by atoms with Gasteiger partial charge in [-0.3, -0.25) is 0 Å². The lowest BCUT2D eigenvalue weighted by Gasteiger charge is -2.34. The van der Waals surface area contributed by atoms with E-state index in [4.69, 9.17) is 4.74 Å². The van der Waals surface area contributed by atoms with Gasteiger partial charge in [0.2, 0.25) is 0 Å². The SMILES string of the molecule is CC[Si](CC)(c1cccc2c1C=CC2)c1cc(C)cc(C)c1Oc1ccccc1. The molecule has 1 aliphatic rings. The predicted octanol–water partition coefficient (Wildman–Crippen LogP) is 6.27. The highest BCUT2D eigenvalue weighted by molar-refractivity contribution is 7.03. The van der Waals surface area contributed by atoms with Crippen LogP contribution in [0.3, 0.4) is 0 Å². The summed E-state index contributed by atoms with van der Waals surface area (Å²) in [6, 6.07) is 24.1. The Morgan fingerprint density at radius 1 is 0.862 bits per heavy atom. The van der Waals surface area contributed by atoms with Crippen LogP contribution < -0.4 is 15.1 Å². The van der Waals surface area contributed by atoms with Crippen LogP contribution in [0.25, 0.3) is 6.08 Å². The number of aryl methyl sites for hydroxylation is 2. The maximum atomic E-state index is 6.56. The van der Waals surface area contributed by atoms with Gasteiger partial charge in [0.25, 0.3) is 0 Å². The summed E-state index contributed by atoms with van der Waals surface area (Å²) in [6.45, 7) is 9.15. The van der Waals surface area contributed by atoms with Gasteiger partial charge in [0.05, 0.1) is 0 Å². The molecule has 0 unspecified atom stereocenters. The van der Waals surface area contributed by atoms with Crippen LogP contribution in [0.4, 0.5) is 0 Å². The van der Waals surface area contributed by atoms with Crippen molar-refractivity contribution in [2.45, 2.75) is 46.2 Å². The summed E-state index contributed by atoms with van der Waals surface area (Å²) in [7, 11) is -1.99. The van der Waals surface area contributed by atoms with E-state index in [1.807, 2.05) is 30.3 Å². The Morgan fingerprint density at radius 3 is 2.34 bits per heavy atom. The standard InChI is InChI=1S/C27H30OSi/c1-5-29(6-2,25-17-11-13-22-12-10-16-24(22)25)26-19-20(3)18-21(4)27(26)28-23-14-8-7-9-15-23/h7-11,13-19H,5-6,12H2,1-4H3. The van der Waals surface area contributed by atoms with Gasteiger partial charge in [-0.2, -0.15) is 0 Å². The molecule has 3 aromatic rings. The lowest BCUT2D eigenvalue weighted by molar-refractivity contribution is 0.482. The molecular weight excluding hydrogens is 368 g/mol. The molecule has 1 aliphatic carbocycles. The second-order valence-electron chi connectivity index (χ2n) is 8.15. The van der Waals surface area contributed by atoms with Crippen molar-refractivity contribution in [2.75, 3.05) is 0 Å². The van der Waals surface area contributed by atoms with E-state index in [2.05, 4.69) is 70.2 Å². The van der Waals surface area contributed by atoms with Gasteiger partial charge in [-0.05, 0) is 59.5 Å². The minimum Gasteiger partial charge on any atom is -0.457 e. The zero-order chi connectivity index (χ0) is 20.4. The van der Waals surface area contributed by atoms with Gasteiger partial charge in [0, 0.05) is 0 Å². The van der Waals surface area contributed by atoms with Crippen molar-refractivity contribution in [1.82, 2.24) is 0 Å². The maximum absolute atomic E-state index is 6.56. The summed E-state index contributed by atoms with van der Waals surface area (Å²) >= 11 is 0. The predicted molar refractivity (Wildman–Crippen MR) is 128 cm³/mol. The van der Waals surface area contributed by atoms with Gasteiger partial charge in [-0.1, -0.05) is 92.2 Å². The van der Waals surface area contributed by atoms with Gasteiger partial charge < -0.3 is 4.74 Å². The van der Waals surface area contributed by atoms with E-state index >= 15 is 0 Å². The molecule has 0 spiro atoms. The lowest BCUT2D eigenvalue weighted by Crippen LogP contribution is -2.58. The number of benzene rings is 3. The number of fused-ring (bicyclic) bond motifs is 1. The average Bonchev–Trinajstić information content (AvgIpc) is 3.22. The quantitative estimate of drug-likeness (QED) is 0.445. The molecule has 0 N–H and O–H groups in total. The number of hydrogen-bond donors (Lipinski definition) is 0. The molecule has 148 valence electrons. The molecule has 0 saturated carbocycles. The van der Waals surface area contributed by atoms with E-state index < -0.39 is 8.07 Å². The average molecular weight is 399 g/mol. The Hall–Kier alpha value is -2.58. The summed E-state index contributed by atoms with van der Waals surface area (Å²) in [6.07, 6.45) is 5.71. The van der Waals surface area contributed by atoms with Gasteiger partial charge in [0.1, 0.15) is 19.6 Å². The fourth-order valence-corrected chi connectivity index (χ4v) is 9.59. The van der Waals surface area contributed by atoms with Crippen molar-refractivity contribution in [3.05, 3.63) is 89.0 Å². The second-order valence-corrected chi connectivity index (χ2v) is 12.8. The third-order valence-electron chi connectivity index (χ3n) is 6.44. The number of para-hydroxylation sites is 1. The summed E-state index contributed by atoms with van der Waals surface area (Å²) in [5.41, 5.74) is 5.48. The number of hydrogen-bond acceptors (Lipinski definition) is 1. The summed E-state index contributed by atoms with van der Waals surface area (Å²) < 4.78 is 6.56. The summed E-state index contributed by atoms with van der Waals surface area (Å²) in [5.74, 6) is 1.98. The van der Waals surface area contributed by atoms with Crippen LogP contribution in [-0.2, 0) is 6.42 Å². The van der Waals surface area contributed by atoms with E-state index in [0.717, 1.165) is 17.9 Å². The Labute approximate surface area is 176 Å². The molecule has 0 aliphatic heterocycles. The Bertz CT molecular complexity index is 1050. The molecule has 0 amide bonds.